The zero-order valence-corrected chi connectivity index (χ0v) is 18.2. The average Bonchev–Trinajstić information content (AvgIpc) is 3.20. The maximum absolute atomic E-state index is 12.9. The number of rotatable bonds is 7. The smallest absolute Gasteiger partial charge is 0.257 e. The zero-order valence-electron chi connectivity index (χ0n) is 17.5. The van der Waals surface area contributed by atoms with Crippen LogP contribution in [-0.4, -0.2) is 23.2 Å². The van der Waals surface area contributed by atoms with Gasteiger partial charge in [-0.25, -0.2) is 4.98 Å². The highest BCUT2D eigenvalue weighted by Crippen LogP contribution is 2.31. The number of carbonyl (C=O) groups excluding carboxylic acids is 1. The van der Waals surface area contributed by atoms with Crippen LogP contribution in [0.15, 0.2) is 71.4 Å². The Morgan fingerprint density at radius 3 is 2.59 bits per heavy atom. The molecule has 7 nitrogen and oxygen atoms in total. The molecular formula is C24H20ClN3O4. The van der Waals surface area contributed by atoms with E-state index in [9.17, 15) is 4.79 Å². The van der Waals surface area contributed by atoms with E-state index in [1.165, 1.54) is 0 Å². The molecule has 0 saturated heterocycles. The Balaban J connectivity index is 1.46. The summed E-state index contributed by atoms with van der Waals surface area (Å²) in [5.41, 5.74) is 2.21. The first-order chi connectivity index (χ1) is 15.5. The Morgan fingerprint density at radius 2 is 1.84 bits per heavy atom. The molecule has 0 radical (unpaired) electrons. The molecule has 0 atom stereocenters. The van der Waals surface area contributed by atoms with Crippen LogP contribution >= 0.6 is 11.6 Å². The van der Waals surface area contributed by atoms with E-state index in [-0.39, 0.29) is 12.5 Å². The second-order valence-corrected chi connectivity index (χ2v) is 7.31. The molecule has 162 valence electrons. The number of nitrogens with one attached hydrogen (secondary N) is 1. The van der Waals surface area contributed by atoms with E-state index in [1.54, 1.807) is 68.8 Å². The van der Waals surface area contributed by atoms with Crippen LogP contribution in [0.2, 0.25) is 5.02 Å². The summed E-state index contributed by atoms with van der Waals surface area (Å²) in [5, 5.41) is 7.42. The first-order valence-corrected chi connectivity index (χ1v) is 10.2. The maximum atomic E-state index is 12.9. The van der Waals surface area contributed by atoms with Crippen molar-refractivity contribution in [2.24, 2.45) is 0 Å². The lowest BCUT2D eigenvalue weighted by Gasteiger charge is -2.09. The van der Waals surface area contributed by atoms with E-state index in [0.717, 1.165) is 11.3 Å². The summed E-state index contributed by atoms with van der Waals surface area (Å²) in [6.07, 6.45) is 1.63. The number of carbonyl (C=O) groups is 1. The van der Waals surface area contributed by atoms with Gasteiger partial charge in [0.05, 0.1) is 12.1 Å². The van der Waals surface area contributed by atoms with Crippen LogP contribution in [0.5, 0.6) is 17.4 Å². The fourth-order valence-corrected chi connectivity index (χ4v) is 3.35. The van der Waals surface area contributed by atoms with Gasteiger partial charge in [-0.1, -0.05) is 35.0 Å². The number of ether oxygens (including phenoxy) is 2. The molecule has 4 aromatic rings. The van der Waals surface area contributed by atoms with Crippen molar-refractivity contribution in [1.82, 2.24) is 15.5 Å². The van der Waals surface area contributed by atoms with Crippen LogP contribution in [0.3, 0.4) is 0 Å². The van der Waals surface area contributed by atoms with Gasteiger partial charge in [0.15, 0.2) is 0 Å². The molecule has 4 rings (SSSR count). The van der Waals surface area contributed by atoms with Gasteiger partial charge in [-0.05, 0) is 48.9 Å². The SMILES string of the molecule is COc1ccc(Oc2cc(CNC(=O)c3c(-c4ccccc4Cl)noc3C)ccn2)cc1. The molecule has 0 aliphatic carbocycles. The third-order valence-corrected chi connectivity index (χ3v) is 5.08. The lowest BCUT2D eigenvalue weighted by atomic mass is 10.1. The first kappa shape index (κ1) is 21.4. The molecule has 0 unspecified atom stereocenters. The van der Waals surface area contributed by atoms with Gasteiger partial charge in [-0.15, -0.1) is 0 Å². The van der Waals surface area contributed by atoms with Crippen molar-refractivity contribution in [2.75, 3.05) is 7.11 Å². The van der Waals surface area contributed by atoms with Crippen LogP contribution in [0.4, 0.5) is 0 Å². The minimum Gasteiger partial charge on any atom is -0.497 e. The molecule has 0 aliphatic rings. The molecular weight excluding hydrogens is 430 g/mol. The average molecular weight is 450 g/mol. The summed E-state index contributed by atoms with van der Waals surface area (Å²) in [4.78, 5) is 17.2. The molecule has 0 aliphatic heterocycles. The summed E-state index contributed by atoms with van der Waals surface area (Å²) in [5.74, 6) is 1.88. The summed E-state index contributed by atoms with van der Waals surface area (Å²) < 4.78 is 16.2. The van der Waals surface area contributed by atoms with E-state index in [0.29, 0.717) is 39.2 Å². The Kier molecular flexibility index (Phi) is 6.37. The van der Waals surface area contributed by atoms with E-state index >= 15 is 0 Å². The van der Waals surface area contributed by atoms with Crippen LogP contribution < -0.4 is 14.8 Å². The van der Waals surface area contributed by atoms with Crippen molar-refractivity contribution in [1.29, 1.82) is 0 Å². The molecule has 0 bridgehead atoms. The molecule has 2 aromatic carbocycles. The number of amides is 1. The number of hydrogen-bond donors (Lipinski definition) is 1. The van der Waals surface area contributed by atoms with Crippen molar-refractivity contribution in [2.45, 2.75) is 13.5 Å². The fraction of sp³-hybridized carbons (Fsp3) is 0.125. The second-order valence-electron chi connectivity index (χ2n) is 6.90. The van der Waals surface area contributed by atoms with E-state index in [4.69, 9.17) is 25.6 Å². The fourth-order valence-electron chi connectivity index (χ4n) is 3.13. The normalized spacial score (nSPS) is 10.6. The van der Waals surface area contributed by atoms with Gasteiger partial charge < -0.3 is 19.3 Å². The first-order valence-electron chi connectivity index (χ1n) is 9.81. The van der Waals surface area contributed by atoms with Gasteiger partial charge in [0.25, 0.3) is 5.91 Å². The van der Waals surface area contributed by atoms with Gasteiger partial charge in [0.1, 0.15) is 28.5 Å². The highest BCUT2D eigenvalue weighted by Gasteiger charge is 2.22. The summed E-state index contributed by atoms with van der Waals surface area (Å²) >= 11 is 6.28. The maximum Gasteiger partial charge on any atom is 0.257 e. The minimum absolute atomic E-state index is 0.271. The number of halogens is 1. The lowest BCUT2D eigenvalue weighted by Crippen LogP contribution is -2.23. The van der Waals surface area contributed by atoms with Gasteiger partial charge in [-0.2, -0.15) is 0 Å². The Morgan fingerprint density at radius 1 is 1.09 bits per heavy atom. The molecule has 1 amide bonds. The van der Waals surface area contributed by atoms with Gasteiger partial charge in [0.2, 0.25) is 5.88 Å². The summed E-state index contributed by atoms with van der Waals surface area (Å²) in [6.45, 7) is 1.96. The van der Waals surface area contributed by atoms with Crippen LogP contribution in [0, 0.1) is 6.92 Å². The second kappa shape index (κ2) is 9.53. The predicted molar refractivity (Wildman–Crippen MR) is 120 cm³/mol. The van der Waals surface area contributed by atoms with Crippen molar-refractivity contribution in [3.8, 4) is 28.6 Å². The largest absolute Gasteiger partial charge is 0.497 e. The number of aromatic nitrogens is 2. The standard InChI is InChI=1S/C24H20ClN3O4/c1-15-22(23(28-32-15)19-5-3-4-6-20(19)25)24(29)27-14-16-11-12-26-21(13-16)31-18-9-7-17(30-2)8-10-18/h3-13H,14H2,1-2H3,(H,27,29). The quantitative estimate of drug-likeness (QED) is 0.405. The number of pyridine rings is 1. The molecule has 2 heterocycles. The van der Waals surface area contributed by atoms with E-state index in [2.05, 4.69) is 15.5 Å². The van der Waals surface area contributed by atoms with Crippen LogP contribution in [-0.2, 0) is 6.54 Å². The van der Waals surface area contributed by atoms with Gasteiger partial charge in [0, 0.05) is 24.4 Å². The number of hydrogen-bond acceptors (Lipinski definition) is 6. The summed E-state index contributed by atoms with van der Waals surface area (Å²) in [7, 11) is 1.60. The van der Waals surface area contributed by atoms with Crippen molar-refractivity contribution in [3.05, 3.63) is 88.8 Å². The van der Waals surface area contributed by atoms with Crippen molar-refractivity contribution < 1.29 is 18.8 Å². The van der Waals surface area contributed by atoms with E-state index < -0.39 is 0 Å². The molecule has 0 spiro atoms. The Labute approximate surface area is 189 Å². The highest BCUT2D eigenvalue weighted by atomic mass is 35.5. The minimum atomic E-state index is -0.312. The number of methoxy groups -OCH3 is 1. The molecule has 2 aromatic heterocycles. The molecule has 32 heavy (non-hydrogen) atoms. The Hall–Kier alpha value is -3.84. The van der Waals surface area contributed by atoms with Crippen LogP contribution in [0.1, 0.15) is 21.7 Å². The molecule has 8 heteroatoms. The topological polar surface area (TPSA) is 86.5 Å². The third kappa shape index (κ3) is 4.73. The monoisotopic (exact) mass is 449 g/mol. The number of aryl methyl sites for hydroxylation is 1. The highest BCUT2D eigenvalue weighted by molar-refractivity contribution is 6.33. The van der Waals surface area contributed by atoms with Crippen molar-refractivity contribution >= 4 is 17.5 Å². The molecule has 1 N–H and O–H groups in total. The number of benzene rings is 2. The third-order valence-electron chi connectivity index (χ3n) is 4.75. The zero-order chi connectivity index (χ0) is 22.5. The molecule has 0 saturated carbocycles. The molecule has 0 fully saturated rings. The predicted octanol–water partition coefficient (Wildman–Crippen LogP) is 5.43. The van der Waals surface area contributed by atoms with Crippen LogP contribution in [0.25, 0.3) is 11.3 Å². The van der Waals surface area contributed by atoms with Gasteiger partial charge >= 0.3 is 0 Å². The summed E-state index contributed by atoms with van der Waals surface area (Å²) in [6, 6.07) is 17.9. The lowest BCUT2D eigenvalue weighted by molar-refractivity contribution is 0.0950. The van der Waals surface area contributed by atoms with Crippen molar-refractivity contribution in [3.63, 3.8) is 0 Å². The number of nitrogens with zero attached hydrogens (tertiary/aromatic N) is 2. The van der Waals surface area contributed by atoms with Gasteiger partial charge in [-0.3, -0.25) is 4.79 Å². The van der Waals surface area contributed by atoms with E-state index in [1.807, 2.05) is 12.1 Å². The Bertz CT molecular complexity index is 1240.